The molecule has 4 rings (SSSR count). The summed E-state index contributed by atoms with van der Waals surface area (Å²) in [6.45, 7) is 3.02. The van der Waals surface area contributed by atoms with Gasteiger partial charge in [-0.3, -0.25) is 4.98 Å². The van der Waals surface area contributed by atoms with E-state index < -0.39 is 0 Å². The molecule has 0 saturated heterocycles. The van der Waals surface area contributed by atoms with Gasteiger partial charge in [0.2, 0.25) is 0 Å². The normalized spacial score (nSPS) is 11.0. The first-order valence-electron chi connectivity index (χ1n) is 9.10. The van der Waals surface area contributed by atoms with Gasteiger partial charge in [0.15, 0.2) is 0 Å². The van der Waals surface area contributed by atoms with Crippen LogP contribution in [0.4, 0.5) is 4.79 Å². The summed E-state index contributed by atoms with van der Waals surface area (Å²) < 4.78 is 2.17. The summed E-state index contributed by atoms with van der Waals surface area (Å²) in [5.74, 6) is 0. The van der Waals surface area contributed by atoms with Crippen LogP contribution in [0.1, 0.15) is 12.5 Å². The number of aromatic nitrogens is 2. The van der Waals surface area contributed by atoms with Gasteiger partial charge in [0, 0.05) is 42.6 Å². The third-order valence-electron chi connectivity index (χ3n) is 4.86. The first-order valence-corrected chi connectivity index (χ1v) is 9.10. The van der Waals surface area contributed by atoms with Crippen LogP contribution in [0.5, 0.6) is 0 Å². The Morgan fingerprint density at radius 1 is 1.00 bits per heavy atom. The van der Waals surface area contributed by atoms with Crippen LogP contribution in [0.15, 0.2) is 60.9 Å². The molecule has 0 bridgehead atoms. The maximum atomic E-state index is 11.6. The van der Waals surface area contributed by atoms with E-state index in [1.807, 2.05) is 31.5 Å². The van der Waals surface area contributed by atoms with Crippen molar-refractivity contribution < 1.29 is 4.79 Å². The van der Waals surface area contributed by atoms with E-state index in [0.29, 0.717) is 13.1 Å². The van der Waals surface area contributed by atoms with Gasteiger partial charge in [-0.25, -0.2) is 4.79 Å². The topological polar surface area (TPSA) is 59.0 Å². The number of rotatable bonds is 4. The fourth-order valence-electron chi connectivity index (χ4n) is 3.50. The molecular weight excluding hydrogens is 336 g/mol. The lowest BCUT2D eigenvalue weighted by Crippen LogP contribution is -2.34. The zero-order chi connectivity index (χ0) is 18.8. The molecule has 0 fully saturated rings. The van der Waals surface area contributed by atoms with Crippen molar-refractivity contribution in [3.05, 3.63) is 66.5 Å². The second-order valence-corrected chi connectivity index (χ2v) is 6.60. The number of nitrogens with one attached hydrogen (secondary N) is 2. The van der Waals surface area contributed by atoms with Crippen molar-refractivity contribution in [2.75, 3.05) is 6.54 Å². The molecule has 0 aliphatic heterocycles. The molecule has 0 unspecified atom stereocenters. The van der Waals surface area contributed by atoms with E-state index in [9.17, 15) is 4.79 Å². The molecule has 2 aromatic carbocycles. The van der Waals surface area contributed by atoms with Gasteiger partial charge in [0.25, 0.3) is 0 Å². The highest BCUT2D eigenvalue weighted by atomic mass is 16.2. The second kappa shape index (κ2) is 7.11. The molecule has 0 radical (unpaired) electrons. The lowest BCUT2D eigenvalue weighted by Gasteiger charge is -2.08. The Bertz CT molecular complexity index is 1130. The number of carbonyl (C=O) groups excluding carboxylic acids is 1. The van der Waals surface area contributed by atoms with Crippen molar-refractivity contribution in [1.82, 2.24) is 20.2 Å². The average Bonchev–Trinajstić information content (AvgIpc) is 2.99. The minimum absolute atomic E-state index is 0.145. The van der Waals surface area contributed by atoms with Crippen LogP contribution in [-0.2, 0) is 13.6 Å². The van der Waals surface area contributed by atoms with E-state index in [1.165, 1.54) is 16.3 Å². The number of aryl methyl sites for hydroxylation is 1. The van der Waals surface area contributed by atoms with Gasteiger partial charge < -0.3 is 15.2 Å². The van der Waals surface area contributed by atoms with Gasteiger partial charge >= 0.3 is 6.03 Å². The molecule has 2 amide bonds. The molecular formula is C22H22N4O. The summed E-state index contributed by atoms with van der Waals surface area (Å²) in [5.41, 5.74) is 5.69. The summed E-state index contributed by atoms with van der Waals surface area (Å²) in [6, 6.07) is 16.7. The Kier molecular flexibility index (Phi) is 4.50. The number of amides is 2. The van der Waals surface area contributed by atoms with Crippen LogP contribution in [0, 0.1) is 0 Å². The number of hydrogen-bond donors (Lipinski definition) is 2. The Hall–Kier alpha value is -3.34. The molecule has 0 spiro atoms. The molecule has 136 valence electrons. The first kappa shape index (κ1) is 17.1. The molecule has 0 aliphatic rings. The number of pyridine rings is 1. The number of nitrogens with zero attached hydrogens (tertiary/aromatic N) is 2. The standard InChI is InChI=1S/C22H22N4O/c1-3-24-22(27)25-13-15-5-4-6-16(11-15)17-7-8-20-19(12-17)18-9-10-23-14-21(18)26(20)2/h4-12,14H,3,13H2,1-2H3,(H2,24,25,27). The smallest absolute Gasteiger partial charge is 0.315 e. The van der Waals surface area contributed by atoms with Gasteiger partial charge in [-0.05, 0) is 47.9 Å². The molecule has 0 aliphatic carbocycles. The molecule has 2 aromatic heterocycles. The molecule has 0 saturated carbocycles. The Labute approximate surface area is 158 Å². The van der Waals surface area contributed by atoms with Crippen LogP contribution in [0.2, 0.25) is 0 Å². The maximum absolute atomic E-state index is 11.6. The van der Waals surface area contributed by atoms with E-state index in [2.05, 4.69) is 63.6 Å². The largest absolute Gasteiger partial charge is 0.342 e. The van der Waals surface area contributed by atoms with Gasteiger partial charge in [-0.1, -0.05) is 24.3 Å². The van der Waals surface area contributed by atoms with E-state index >= 15 is 0 Å². The molecule has 27 heavy (non-hydrogen) atoms. The van der Waals surface area contributed by atoms with E-state index in [-0.39, 0.29) is 6.03 Å². The summed E-state index contributed by atoms with van der Waals surface area (Å²) in [4.78, 5) is 15.9. The summed E-state index contributed by atoms with van der Waals surface area (Å²) in [5, 5.41) is 8.05. The van der Waals surface area contributed by atoms with Crippen molar-refractivity contribution in [2.45, 2.75) is 13.5 Å². The Balaban J connectivity index is 1.69. The van der Waals surface area contributed by atoms with Crippen LogP contribution < -0.4 is 10.6 Å². The highest BCUT2D eigenvalue weighted by Gasteiger charge is 2.09. The fourth-order valence-corrected chi connectivity index (χ4v) is 3.50. The minimum Gasteiger partial charge on any atom is -0.342 e. The summed E-state index contributed by atoms with van der Waals surface area (Å²) >= 11 is 0. The monoisotopic (exact) mass is 358 g/mol. The summed E-state index contributed by atoms with van der Waals surface area (Å²) in [6.07, 6.45) is 3.74. The minimum atomic E-state index is -0.145. The molecule has 4 aromatic rings. The van der Waals surface area contributed by atoms with Gasteiger partial charge in [-0.2, -0.15) is 0 Å². The zero-order valence-corrected chi connectivity index (χ0v) is 15.5. The van der Waals surface area contributed by atoms with E-state index in [0.717, 1.165) is 22.2 Å². The number of urea groups is 1. The van der Waals surface area contributed by atoms with Crippen molar-refractivity contribution in [3.63, 3.8) is 0 Å². The maximum Gasteiger partial charge on any atom is 0.315 e. The summed E-state index contributed by atoms with van der Waals surface area (Å²) in [7, 11) is 2.07. The van der Waals surface area contributed by atoms with Crippen LogP contribution in [-0.4, -0.2) is 22.1 Å². The lowest BCUT2D eigenvalue weighted by atomic mass is 10.0. The Morgan fingerprint density at radius 2 is 1.85 bits per heavy atom. The average molecular weight is 358 g/mol. The molecule has 5 nitrogen and oxygen atoms in total. The number of hydrogen-bond acceptors (Lipinski definition) is 2. The second-order valence-electron chi connectivity index (χ2n) is 6.60. The van der Waals surface area contributed by atoms with Gasteiger partial charge in [-0.15, -0.1) is 0 Å². The third kappa shape index (κ3) is 3.24. The third-order valence-corrected chi connectivity index (χ3v) is 4.86. The number of benzene rings is 2. The fraction of sp³-hybridized carbons (Fsp3) is 0.182. The van der Waals surface area contributed by atoms with Crippen molar-refractivity contribution in [3.8, 4) is 11.1 Å². The van der Waals surface area contributed by atoms with Gasteiger partial charge in [0.05, 0.1) is 11.7 Å². The van der Waals surface area contributed by atoms with E-state index in [4.69, 9.17) is 0 Å². The molecule has 2 N–H and O–H groups in total. The molecule has 0 atom stereocenters. The highest BCUT2D eigenvalue weighted by molar-refractivity contribution is 6.08. The number of fused-ring (bicyclic) bond motifs is 3. The Morgan fingerprint density at radius 3 is 2.70 bits per heavy atom. The first-order chi connectivity index (χ1) is 13.2. The van der Waals surface area contributed by atoms with Crippen LogP contribution in [0.3, 0.4) is 0 Å². The zero-order valence-electron chi connectivity index (χ0n) is 15.5. The van der Waals surface area contributed by atoms with Crippen molar-refractivity contribution >= 4 is 27.8 Å². The van der Waals surface area contributed by atoms with Gasteiger partial charge in [0.1, 0.15) is 0 Å². The number of carbonyl (C=O) groups is 1. The predicted molar refractivity (Wildman–Crippen MR) is 110 cm³/mol. The SMILES string of the molecule is CCNC(=O)NCc1cccc(-c2ccc3c(c2)c2ccncc2n3C)c1. The molecule has 5 heteroatoms. The lowest BCUT2D eigenvalue weighted by molar-refractivity contribution is 0.241. The predicted octanol–water partition coefficient (Wildman–Crippen LogP) is 4.21. The van der Waals surface area contributed by atoms with E-state index in [1.54, 1.807) is 0 Å². The van der Waals surface area contributed by atoms with Crippen molar-refractivity contribution in [2.24, 2.45) is 7.05 Å². The van der Waals surface area contributed by atoms with Crippen LogP contribution in [0.25, 0.3) is 32.9 Å². The molecule has 2 heterocycles. The quantitative estimate of drug-likeness (QED) is 0.574. The van der Waals surface area contributed by atoms with Crippen LogP contribution >= 0.6 is 0 Å². The highest BCUT2D eigenvalue weighted by Crippen LogP contribution is 2.31. The van der Waals surface area contributed by atoms with Crippen molar-refractivity contribution in [1.29, 1.82) is 0 Å².